The quantitative estimate of drug-likeness (QED) is 0.625. The van der Waals surface area contributed by atoms with Crippen molar-refractivity contribution in [2.24, 2.45) is 0 Å². The summed E-state index contributed by atoms with van der Waals surface area (Å²) in [5.41, 5.74) is 3.74. The Morgan fingerprint density at radius 2 is 1.91 bits per heavy atom. The molecule has 8 nitrogen and oxygen atoms in total. The van der Waals surface area contributed by atoms with Gasteiger partial charge in [0.2, 0.25) is 0 Å². The Kier molecular flexibility index (Phi) is 6.10. The molecule has 0 amide bonds. The first-order chi connectivity index (χ1) is 16.1. The van der Waals surface area contributed by atoms with Crippen LogP contribution >= 0.6 is 0 Å². The van der Waals surface area contributed by atoms with Crippen LogP contribution in [0.15, 0.2) is 23.0 Å². The van der Waals surface area contributed by atoms with Gasteiger partial charge >= 0.3 is 0 Å². The van der Waals surface area contributed by atoms with E-state index in [0.29, 0.717) is 28.6 Å². The van der Waals surface area contributed by atoms with E-state index in [4.69, 9.17) is 19.6 Å². The van der Waals surface area contributed by atoms with Gasteiger partial charge in [0.1, 0.15) is 17.1 Å². The lowest BCUT2D eigenvalue weighted by Crippen LogP contribution is -2.36. The van der Waals surface area contributed by atoms with Crippen LogP contribution in [0.5, 0.6) is 5.75 Å². The molecule has 2 aromatic heterocycles. The summed E-state index contributed by atoms with van der Waals surface area (Å²) in [6, 6.07) is 6.79. The summed E-state index contributed by atoms with van der Waals surface area (Å²) >= 11 is 0. The lowest BCUT2D eigenvalue weighted by Gasteiger charge is -2.33. The van der Waals surface area contributed by atoms with Crippen molar-refractivity contribution in [3.63, 3.8) is 0 Å². The minimum atomic E-state index is -0.147. The molecule has 0 radical (unpaired) electrons. The second-order valence-electron chi connectivity index (χ2n) is 9.27. The summed E-state index contributed by atoms with van der Waals surface area (Å²) in [6.07, 6.45) is 7.76. The fraction of sp³-hybridized carbons (Fsp3) is 0.560. The van der Waals surface area contributed by atoms with Gasteiger partial charge in [-0.25, -0.2) is 4.98 Å². The largest absolute Gasteiger partial charge is 0.496 e. The Hall–Kier alpha value is -2.87. The van der Waals surface area contributed by atoms with E-state index in [9.17, 15) is 4.79 Å². The van der Waals surface area contributed by atoms with Gasteiger partial charge in [0.25, 0.3) is 5.56 Å². The summed E-state index contributed by atoms with van der Waals surface area (Å²) < 4.78 is 13.1. The van der Waals surface area contributed by atoms with Gasteiger partial charge in [-0.2, -0.15) is 5.10 Å². The maximum atomic E-state index is 13.2. The van der Waals surface area contributed by atoms with E-state index >= 15 is 0 Å². The van der Waals surface area contributed by atoms with Gasteiger partial charge in [0.05, 0.1) is 24.4 Å². The van der Waals surface area contributed by atoms with E-state index in [-0.39, 0.29) is 11.6 Å². The molecule has 3 aromatic rings. The van der Waals surface area contributed by atoms with Gasteiger partial charge in [-0.15, -0.1) is 0 Å². The average Bonchev–Trinajstić information content (AvgIpc) is 3.21. The summed E-state index contributed by atoms with van der Waals surface area (Å²) in [5.74, 6) is 1.20. The van der Waals surface area contributed by atoms with Crippen molar-refractivity contribution in [2.75, 3.05) is 32.3 Å². The molecule has 2 fully saturated rings. The number of ether oxygens (including phenoxy) is 2. The topological polar surface area (TPSA) is 85.3 Å². The van der Waals surface area contributed by atoms with Crippen molar-refractivity contribution in [2.45, 2.75) is 64.0 Å². The molecule has 176 valence electrons. The second kappa shape index (κ2) is 9.17. The van der Waals surface area contributed by atoms with Crippen molar-refractivity contribution < 1.29 is 9.47 Å². The number of aryl methyl sites for hydroxylation is 1. The molecule has 5 rings (SSSR count). The van der Waals surface area contributed by atoms with Crippen LogP contribution in [0.1, 0.15) is 56.7 Å². The second-order valence-corrected chi connectivity index (χ2v) is 9.27. The molecule has 8 heteroatoms. The highest BCUT2D eigenvalue weighted by atomic mass is 16.5. The summed E-state index contributed by atoms with van der Waals surface area (Å²) in [6.45, 7) is 3.52. The smallest absolute Gasteiger partial charge is 0.277 e. The first-order valence-electron chi connectivity index (χ1n) is 12.0. The number of benzene rings is 1. The van der Waals surface area contributed by atoms with Crippen molar-refractivity contribution in [3.05, 3.63) is 34.2 Å². The van der Waals surface area contributed by atoms with E-state index in [1.807, 2.05) is 23.7 Å². The number of aromatic nitrogens is 4. The van der Waals surface area contributed by atoms with Crippen LogP contribution in [0.4, 0.5) is 5.69 Å². The van der Waals surface area contributed by atoms with E-state index in [0.717, 1.165) is 55.8 Å². The standard InChI is InChI=1S/C25H33N5O3/c1-16-22-23(30(28-16)18-7-5-4-6-8-18)25(31)27-24(26-22)20-10-9-19(15-21(20)32-3)29(2)17-11-13-33-14-12-17/h9-10,15,17-18H,4-8,11-14H2,1-3H3,(H,26,27,31). The van der Waals surface area contributed by atoms with Crippen LogP contribution in [0.25, 0.3) is 22.4 Å². The number of aromatic amines is 1. The van der Waals surface area contributed by atoms with Crippen molar-refractivity contribution in [3.8, 4) is 17.1 Å². The first-order valence-corrected chi connectivity index (χ1v) is 12.0. The van der Waals surface area contributed by atoms with Gasteiger partial charge in [-0.05, 0) is 44.7 Å². The predicted molar refractivity (Wildman–Crippen MR) is 129 cm³/mol. The molecular weight excluding hydrogens is 418 g/mol. The number of methoxy groups -OCH3 is 1. The Balaban J connectivity index is 1.52. The SMILES string of the molecule is COc1cc(N(C)C2CCOCC2)ccc1-c1nc2c(C)nn(C3CCCCC3)c2c(=O)[nH]1. The number of anilines is 1. The zero-order valence-corrected chi connectivity index (χ0v) is 19.8. The van der Waals surface area contributed by atoms with Crippen LogP contribution in [0, 0.1) is 6.92 Å². The molecule has 0 spiro atoms. The van der Waals surface area contributed by atoms with Crippen LogP contribution in [-0.2, 0) is 4.74 Å². The normalized spacial score (nSPS) is 18.0. The fourth-order valence-corrected chi connectivity index (χ4v) is 5.29. The molecule has 2 aliphatic rings. The number of rotatable bonds is 5. The van der Waals surface area contributed by atoms with Gasteiger partial charge in [-0.1, -0.05) is 19.3 Å². The van der Waals surface area contributed by atoms with Crippen LogP contribution in [0.3, 0.4) is 0 Å². The highest BCUT2D eigenvalue weighted by Crippen LogP contribution is 2.34. The van der Waals surface area contributed by atoms with E-state index in [2.05, 4.69) is 23.0 Å². The molecule has 0 atom stereocenters. The summed E-state index contributed by atoms with van der Waals surface area (Å²) in [7, 11) is 3.76. The lowest BCUT2D eigenvalue weighted by atomic mass is 9.95. The Bertz CT molecular complexity index is 1190. The van der Waals surface area contributed by atoms with Crippen molar-refractivity contribution in [1.82, 2.24) is 19.7 Å². The molecule has 1 aromatic carbocycles. The molecule has 33 heavy (non-hydrogen) atoms. The third-order valence-electron chi connectivity index (χ3n) is 7.23. The van der Waals surface area contributed by atoms with E-state index in [1.54, 1.807) is 7.11 Å². The molecular formula is C25H33N5O3. The van der Waals surface area contributed by atoms with Crippen LogP contribution in [0.2, 0.25) is 0 Å². The summed E-state index contributed by atoms with van der Waals surface area (Å²) in [5, 5.41) is 4.73. The number of nitrogens with one attached hydrogen (secondary N) is 1. The molecule has 1 aliphatic heterocycles. The molecule has 1 saturated carbocycles. The highest BCUT2D eigenvalue weighted by Gasteiger charge is 2.24. The van der Waals surface area contributed by atoms with Gasteiger partial charge < -0.3 is 19.4 Å². The van der Waals surface area contributed by atoms with E-state index in [1.165, 1.54) is 19.3 Å². The zero-order valence-electron chi connectivity index (χ0n) is 19.8. The molecule has 1 aliphatic carbocycles. The number of H-pyrrole nitrogens is 1. The van der Waals surface area contributed by atoms with Gasteiger partial charge in [0, 0.05) is 38.1 Å². The minimum Gasteiger partial charge on any atom is -0.496 e. The van der Waals surface area contributed by atoms with E-state index < -0.39 is 0 Å². The predicted octanol–water partition coefficient (Wildman–Crippen LogP) is 4.22. The number of hydrogen-bond acceptors (Lipinski definition) is 6. The van der Waals surface area contributed by atoms with Crippen molar-refractivity contribution >= 4 is 16.7 Å². The Morgan fingerprint density at radius 3 is 2.64 bits per heavy atom. The highest BCUT2D eigenvalue weighted by molar-refractivity contribution is 5.80. The fourth-order valence-electron chi connectivity index (χ4n) is 5.29. The zero-order chi connectivity index (χ0) is 22.9. The molecule has 0 unspecified atom stereocenters. The third-order valence-corrected chi connectivity index (χ3v) is 7.23. The van der Waals surface area contributed by atoms with Gasteiger partial charge in [0.15, 0.2) is 5.52 Å². The Labute approximate surface area is 193 Å². The van der Waals surface area contributed by atoms with Crippen LogP contribution < -0.4 is 15.2 Å². The molecule has 3 heterocycles. The molecule has 1 saturated heterocycles. The van der Waals surface area contributed by atoms with Crippen LogP contribution in [-0.4, -0.2) is 53.2 Å². The number of fused-ring (bicyclic) bond motifs is 1. The maximum absolute atomic E-state index is 13.2. The monoisotopic (exact) mass is 451 g/mol. The molecule has 0 bridgehead atoms. The number of nitrogens with zero attached hydrogens (tertiary/aromatic N) is 4. The van der Waals surface area contributed by atoms with Gasteiger partial charge in [-0.3, -0.25) is 9.48 Å². The average molecular weight is 452 g/mol. The molecule has 1 N–H and O–H groups in total. The third kappa shape index (κ3) is 4.12. The maximum Gasteiger partial charge on any atom is 0.277 e. The van der Waals surface area contributed by atoms with Crippen molar-refractivity contribution in [1.29, 1.82) is 0 Å². The lowest BCUT2D eigenvalue weighted by molar-refractivity contribution is 0.0855. The first kappa shape index (κ1) is 21.9. The summed E-state index contributed by atoms with van der Waals surface area (Å²) in [4.78, 5) is 23.4. The number of hydrogen-bond donors (Lipinski definition) is 1. The minimum absolute atomic E-state index is 0.147. The Morgan fingerprint density at radius 1 is 1.15 bits per heavy atom.